The molecule has 0 saturated carbocycles. The van der Waals surface area contributed by atoms with E-state index in [-0.39, 0.29) is 0 Å². The lowest BCUT2D eigenvalue weighted by atomic mass is 10.4. The Kier molecular flexibility index (Phi) is 3.81. The second-order valence-corrected chi connectivity index (χ2v) is 4.63. The molecule has 0 spiro atoms. The first-order valence-electron chi connectivity index (χ1n) is 5.74. The van der Waals surface area contributed by atoms with E-state index in [0.29, 0.717) is 11.9 Å². The Bertz CT molecular complexity index is 534. The average molecular weight is 311 g/mol. The van der Waals surface area contributed by atoms with Crippen LogP contribution in [0.25, 0.3) is 5.69 Å². The number of hydrogen-bond donors (Lipinski definition) is 1. The lowest BCUT2D eigenvalue weighted by Crippen LogP contribution is -2.23. The van der Waals surface area contributed by atoms with Gasteiger partial charge in [0.25, 0.3) is 0 Å². The zero-order valence-electron chi connectivity index (χ0n) is 10.3. The quantitative estimate of drug-likeness (QED) is 0.933. The van der Waals surface area contributed by atoms with Crippen molar-refractivity contribution in [1.82, 2.24) is 19.7 Å². The zero-order chi connectivity index (χ0) is 13.1. The second kappa shape index (κ2) is 5.34. The first-order valence-corrected chi connectivity index (χ1v) is 6.53. The fraction of sp³-hybridized carbons (Fsp3) is 0.364. The van der Waals surface area contributed by atoms with E-state index in [9.17, 15) is 0 Å². The van der Waals surface area contributed by atoms with E-state index in [4.69, 9.17) is 5.73 Å². The summed E-state index contributed by atoms with van der Waals surface area (Å²) in [5, 5.41) is 4.41. The number of pyridine rings is 1. The Morgan fingerprint density at radius 2 is 2.06 bits per heavy atom. The topological polar surface area (TPSA) is 72.9 Å². The van der Waals surface area contributed by atoms with Crippen LogP contribution in [-0.4, -0.2) is 32.8 Å². The third-order valence-corrected chi connectivity index (χ3v) is 3.04. The number of nitrogens with two attached hydrogens (primary N) is 1. The molecule has 2 N–H and O–H groups in total. The highest BCUT2D eigenvalue weighted by atomic mass is 79.9. The Morgan fingerprint density at radius 1 is 1.33 bits per heavy atom. The Balaban J connectivity index is 2.40. The van der Waals surface area contributed by atoms with Gasteiger partial charge in [-0.2, -0.15) is 9.67 Å². The van der Waals surface area contributed by atoms with Crippen LogP contribution in [0.3, 0.4) is 0 Å². The molecule has 0 atom stereocenters. The summed E-state index contributed by atoms with van der Waals surface area (Å²) in [6, 6.07) is 1.89. The van der Waals surface area contributed by atoms with Gasteiger partial charge < -0.3 is 10.6 Å². The van der Waals surface area contributed by atoms with Crippen LogP contribution < -0.4 is 10.6 Å². The number of anilines is 2. The number of hydrogen-bond acceptors (Lipinski definition) is 5. The molecule has 18 heavy (non-hydrogen) atoms. The maximum atomic E-state index is 5.89. The van der Waals surface area contributed by atoms with Crippen molar-refractivity contribution >= 4 is 27.8 Å². The molecule has 6 nitrogen and oxygen atoms in total. The summed E-state index contributed by atoms with van der Waals surface area (Å²) < 4.78 is 2.46. The van der Waals surface area contributed by atoms with Gasteiger partial charge in [-0.15, -0.1) is 5.10 Å². The fourth-order valence-corrected chi connectivity index (χ4v) is 2.01. The van der Waals surface area contributed by atoms with Crippen molar-refractivity contribution in [3.05, 3.63) is 22.9 Å². The van der Waals surface area contributed by atoms with Gasteiger partial charge in [0.15, 0.2) is 0 Å². The van der Waals surface area contributed by atoms with Crippen LogP contribution >= 0.6 is 15.9 Å². The van der Waals surface area contributed by atoms with Gasteiger partial charge in [0, 0.05) is 23.8 Å². The fourth-order valence-electron chi connectivity index (χ4n) is 1.66. The molecule has 0 aliphatic carbocycles. The molecule has 0 aliphatic rings. The molecule has 0 aliphatic heterocycles. The molecule has 0 saturated heterocycles. The van der Waals surface area contributed by atoms with Crippen LogP contribution in [0.4, 0.5) is 11.9 Å². The smallest absolute Gasteiger partial charge is 0.246 e. The van der Waals surface area contributed by atoms with E-state index < -0.39 is 0 Å². The summed E-state index contributed by atoms with van der Waals surface area (Å²) in [6.45, 7) is 5.80. The maximum absolute atomic E-state index is 5.89. The monoisotopic (exact) mass is 310 g/mol. The van der Waals surface area contributed by atoms with Crippen molar-refractivity contribution in [2.24, 2.45) is 0 Å². The van der Waals surface area contributed by atoms with Gasteiger partial charge in [0.2, 0.25) is 11.9 Å². The van der Waals surface area contributed by atoms with Gasteiger partial charge in [-0.25, -0.2) is 0 Å². The molecule has 2 aromatic heterocycles. The number of aromatic nitrogens is 4. The lowest BCUT2D eigenvalue weighted by Gasteiger charge is -2.15. The molecule has 7 heteroatoms. The SMILES string of the molecule is CCN(CC)c1nc(N)n(-c2cncc(Br)c2)n1. The number of nitrogen functional groups attached to an aromatic ring is 1. The van der Waals surface area contributed by atoms with Crippen molar-refractivity contribution in [1.29, 1.82) is 0 Å². The van der Waals surface area contributed by atoms with E-state index in [0.717, 1.165) is 23.2 Å². The summed E-state index contributed by atoms with van der Waals surface area (Å²) in [7, 11) is 0. The number of rotatable bonds is 4. The second-order valence-electron chi connectivity index (χ2n) is 3.72. The van der Waals surface area contributed by atoms with E-state index in [2.05, 4.69) is 44.8 Å². The van der Waals surface area contributed by atoms with Crippen molar-refractivity contribution in [3.63, 3.8) is 0 Å². The van der Waals surface area contributed by atoms with Crippen LogP contribution in [0.1, 0.15) is 13.8 Å². The number of halogens is 1. The standard InChI is InChI=1S/C11H15BrN6/c1-3-17(4-2)11-15-10(13)18(16-11)9-5-8(12)6-14-7-9/h5-7H,3-4H2,1-2H3,(H2,13,15,16). The van der Waals surface area contributed by atoms with Crippen LogP contribution in [0.5, 0.6) is 0 Å². The normalized spacial score (nSPS) is 10.6. The van der Waals surface area contributed by atoms with Gasteiger partial charge in [-0.05, 0) is 35.8 Å². The minimum absolute atomic E-state index is 0.358. The van der Waals surface area contributed by atoms with Gasteiger partial charge in [0.05, 0.1) is 11.9 Å². The van der Waals surface area contributed by atoms with E-state index >= 15 is 0 Å². The Labute approximate surface area is 114 Å². The van der Waals surface area contributed by atoms with Crippen LogP contribution in [-0.2, 0) is 0 Å². The molecule has 0 aromatic carbocycles. The summed E-state index contributed by atoms with van der Waals surface area (Å²) in [6.07, 6.45) is 3.41. The van der Waals surface area contributed by atoms with Crippen molar-refractivity contribution in [2.45, 2.75) is 13.8 Å². The van der Waals surface area contributed by atoms with Gasteiger partial charge in [0.1, 0.15) is 0 Å². The largest absolute Gasteiger partial charge is 0.368 e. The molecule has 0 unspecified atom stereocenters. The van der Waals surface area contributed by atoms with Gasteiger partial charge >= 0.3 is 0 Å². The molecule has 0 bridgehead atoms. The first-order chi connectivity index (χ1) is 8.65. The van der Waals surface area contributed by atoms with Gasteiger partial charge in [-0.3, -0.25) is 4.98 Å². The molecule has 96 valence electrons. The van der Waals surface area contributed by atoms with Crippen LogP contribution in [0.2, 0.25) is 0 Å². The van der Waals surface area contributed by atoms with Gasteiger partial charge in [-0.1, -0.05) is 0 Å². The summed E-state index contributed by atoms with van der Waals surface area (Å²) in [5.74, 6) is 0.995. The molecule has 2 rings (SSSR count). The Morgan fingerprint density at radius 3 is 2.67 bits per heavy atom. The maximum Gasteiger partial charge on any atom is 0.246 e. The predicted molar refractivity (Wildman–Crippen MR) is 74.8 cm³/mol. The van der Waals surface area contributed by atoms with E-state index in [1.807, 2.05) is 11.0 Å². The summed E-state index contributed by atoms with van der Waals surface area (Å²) in [4.78, 5) is 10.4. The minimum Gasteiger partial charge on any atom is -0.368 e. The number of nitrogens with zero attached hydrogens (tertiary/aromatic N) is 5. The highest BCUT2D eigenvalue weighted by Crippen LogP contribution is 2.18. The molecule has 0 amide bonds. The molecule has 0 radical (unpaired) electrons. The molecule has 0 fully saturated rings. The summed E-state index contributed by atoms with van der Waals surface area (Å²) >= 11 is 3.37. The summed E-state index contributed by atoms with van der Waals surface area (Å²) in [5.41, 5.74) is 6.68. The highest BCUT2D eigenvalue weighted by molar-refractivity contribution is 9.10. The van der Waals surface area contributed by atoms with Crippen molar-refractivity contribution < 1.29 is 0 Å². The van der Waals surface area contributed by atoms with Crippen molar-refractivity contribution in [3.8, 4) is 5.69 Å². The highest BCUT2D eigenvalue weighted by Gasteiger charge is 2.13. The molecular formula is C11H15BrN6. The predicted octanol–water partition coefficient (Wildman–Crippen LogP) is 1.85. The average Bonchev–Trinajstić information content (AvgIpc) is 2.73. The third kappa shape index (κ3) is 2.45. The van der Waals surface area contributed by atoms with E-state index in [1.165, 1.54) is 0 Å². The first kappa shape index (κ1) is 12.8. The Hall–Kier alpha value is -1.63. The van der Waals surface area contributed by atoms with Crippen LogP contribution in [0, 0.1) is 0 Å². The zero-order valence-corrected chi connectivity index (χ0v) is 11.9. The third-order valence-electron chi connectivity index (χ3n) is 2.60. The lowest BCUT2D eigenvalue weighted by molar-refractivity contribution is 0.801. The van der Waals surface area contributed by atoms with E-state index in [1.54, 1.807) is 17.1 Å². The van der Waals surface area contributed by atoms with Crippen molar-refractivity contribution in [2.75, 3.05) is 23.7 Å². The molecular weight excluding hydrogens is 296 g/mol. The molecule has 2 aromatic rings. The molecule has 2 heterocycles. The van der Waals surface area contributed by atoms with Crippen LogP contribution in [0.15, 0.2) is 22.9 Å². The minimum atomic E-state index is 0.358.